The topological polar surface area (TPSA) is 67.1 Å². The molecule has 1 heterocycles. The molecular weight excluding hydrogens is 403 g/mol. The molecule has 0 fully saturated rings. The minimum Gasteiger partial charge on any atom is -0.390 e. The maximum Gasteiger partial charge on any atom is 0.416 e. The number of hydrogen-bond donors (Lipinski definition) is 2. The Bertz CT molecular complexity index is 975. The lowest BCUT2D eigenvalue weighted by Crippen LogP contribution is -2.16. The molecule has 5 nitrogen and oxygen atoms in total. The largest absolute Gasteiger partial charge is 0.416 e. The molecule has 2 aromatic carbocycles. The average molecular weight is 421 g/mol. The van der Waals surface area contributed by atoms with Gasteiger partial charge in [0.1, 0.15) is 0 Å². The summed E-state index contributed by atoms with van der Waals surface area (Å²) in [6, 6.07) is 14.1. The van der Waals surface area contributed by atoms with Gasteiger partial charge >= 0.3 is 6.18 Å². The predicted molar refractivity (Wildman–Crippen MR) is 104 cm³/mol. The van der Waals surface area contributed by atoms with Crippen LogP contribution in [0, 0.1) is 0 Å². The number of aliphatic hydroxyl groups excluding tert-OH is 1. The van der Waals surface area contributed by atoms with E-state index in [2.05, 4.69) is 10.3 Å². The Hall–Kier alpha value is -2.78. The van der Waals surface area contributed by atoms with Crippen LogP contribution in [0.5, 0.6) is 0 Å². The second-order valence-electron chi connectivity index (χ2n) is 6.18. The van der Waals surface area contributed by atoms with E-state index < -0.39 is 17.6 Å². The van der Waals surface area contributed by atoms with Crippen LogP contribution in [0.3, 0.4) is 0 Å². The van der Waals surface area contributed by atoms with Crippen LogP contribution in [-0.2, 0) is 24.1 Å². The fourth-order valence-corrected chi connectivity index (χ4v) is 3.47. The van der Waals surface area contributed by atoms with E-state index in [1.54, 1.807) is 4.57 Å². The van der Waals surface area contributed by atoms with Gasteiger partial charge in [-0.05, 0) is 23.8 Å². The Kier molecular flexibility index (Phi) is 6.60. The molecule has 3 aromatic rings. The molecule has 0 bridgehead atoms. The van der Waals surface area contributed by atoms with E-state index in [1.165, 1.54) is 18.3 Å². The van der Waals surface area contributed by atoms with Gasteiger partial charge in [-0.25, -0.2) is 4.98 Å². The van der Waals surface area contributed by atoms with Crippen molar-refractivity contribution in [3.63, 3.8) is 0 Å². The molecule has 0 aliphatic rings. The number of imidazole rings is 1. The molecule has 3 rings (SSSR count). The second kappa shape index (κ2) is 9.15. The number of halogens is 3. The Morgan fingerprint density at radius 1 is 1.14 bits per heavy atom. The van der Waals surface area contributed by atoms with Crippen molar-refractivity contribution in [3.8, 4) is 0 Å². The standard InChI is InChI=1S/C20H18F3N3O2S/c21-20(22,23)15-7-4-8-16(9-15)25-18(28)13-29-19-24-10-17(12-27)26(19)11-14-5-2-1-3-6-14/h1-10,27H,11-13H2,(H,25,28). The Balaban J connectivity index is 1.66. The Morgan fingerprint density at radius 3 is 2.59 bits per heavy atom. The van der Waals surface area contributed by atoms with Gasteiger partial charge in [-0.3, -0.25) is 4.79 Å². The SMILES string of the molecule is O=C(CSc1ncc(CO)n1Cc1ccccc1)Nc1cccc(C(F)(F)F)c1. The maximum absolute atomic E-state index is 12.8. The number of nitrogens with zero attached hydrogens (tertiary/aromatic N) is 2. The third kappa shape index (κ3) is 5.61. The zero-order valence-corrected chi connectivity index (χ0v) is 16.0. The molecular formula is C20H18F3N3O2S. The highest BCUT2D eigenvalue weighted by molar-refractivity contribution is 7.99. The highest BCUT2D eigenvalue weighted by Gasteiger charge is 2.30. The number of aromatic nitrogens is 2. The molecule has 152 valence electrons. The monoisotopic (exact) mass is 421 g/mol. The Labute approximate surface area is 169 Å². The summed E-state index contributed by atoms with van der Waals surface area (Å²) in [6.45, 7) is 0.283. The molecule has 2 N–H and O–H groups in total. The van der Waals surface area contributed by atoms with Gasteiger partial charge < -0.3 is 15.0 Å². The van der Waals surface area contributed by atoms with Gasteiger partial charge in [0.05, 0.1) is 29.8 Å². The summed E-state index contributed by atoms with van der Waals surface area (Å²) in [7, 11) is 0. The van der Waals surface area contributed by atoms with Gasteiger partial charge in [-0.1, -0.05) is 48.2 Å². The number of thioether (sulfide) groups is 1. The fraction of sp³-hybridized carbons (Fsp3) is 0.200. The zero-order chi connectivity index (χ0) is 20.9. The molecule has 9 heteroatoms. The van der Waals surface area contributed by atoms with E-state index in [1.807, 2.05) is 30.3 Å². The van der Waals surface area contributed by atoms with Crippen molar-refractivity contribution >= 4 is 23.4 Å². The number of carbonyl (C=O) groups excluding carboxylic acids is 1. The van der Waals surface area contributed by atoms with Crippen LogP contribution in [0.15, 0.2) is 66.0 Å². The fourth-order valence-electron chi connectivity index (χ4n) is 2.67. The molecule has 0 unspecified atom stereocenters. The first-order chi connectivity index (χ1) is 13.9. The quantitative estimate of drug-likeness (QED) is 0.562. The second-order valence-corrected chi connectivity index (χ2v) is 7.12. The van der Waals surface area contributed by atoms with Gasteiger partial charge in [0.15, 0.2) is 5.16 Å². The van der Waals surface area contributed by atoms with Crippen molar-refractivity contribution in [1.29, 1.82) is 0 Å². The molecule has 0 aliphatic carbocycles. The molecule has 0 aliphatic heterocycles. The molecule has 1 aromatic heterocycles. The minimum absolute atomic E-state index is 0.0348. The normalized spacial score (nSPS) is 11.4. The summed E-state index contributed by atoms with van der Waals surface area (Å²) in [6.07, 6.45) is -2.94. The van der Waals surface area contributed by atoms with Crippen molar-refractivity contribution in [2.24, 2.45) is 0 Å². The Morgan fingerprint density at radius 2 is 1.90 bits per heavy atom. The molecule has 0 saturated carbocycles. The number of nitrogens with one attached hydrogen (secondary N) is 1. The van der Waals surface area contributed by atoms with Gasteiger partial charge in [0.25, 0.3) is 0 Å². The van der Waals surface area contributed by atoms with Gasteiger partial charge in [-0.2, -0.15) is 13.2 Å². The number of amides is 1. The molecule has 0 saturated heterocycles. The first-order valence-corrected chi connectivity index (χ1v) is 9.64. The number of carbonyl (C=O) groups is 1. The first kappa shape index (κ1) is 20.9. The maximum atomic E-state index is 12.8. The summed E-state index contributed by atoms with van der Waals surface area (Å²) in [4.78, 5) is 16.4. The van der Waals surface area contributed by atoms with Crippen molar-refractivity contribution < 1.29 is 23.1 Å². The van der Waals surface area contributed by atoms with E-state index in [0.29, 0.717) is 17.4 Å². The van der Waals surface area contributed by atoms with E-state index in [-0.39, 0.29) is 18.0 Å². The van der Waals surface area contributed by atoms with E-state index >= 15 is 0 Å². The smallest absolute Gasteiger partial charge is 0.390 e. The van der Waals surface area contributed by atoms with Crippen LogP contribution in [0.4, 0.5) is 18.9 Å². The molecule has 29 heavy (non-hydrogen) atoms. The van der Waals surface area contributed by atoms with Crippen molar-refractivity contribution in [1.82, 2.24) is 9.55 Å². The summed E-state index contributed by atoms with van der Waals surface area (Å²) >= 11 is 1.15. The summed E-state index contributed by atoms with van der Waals surface area (Å²) < 4.78 is 40.2. The van der Waals surface area contributed by atoms with Crippen molar-refractivity contribution in [2.45, 2.75) is 24.5 Å². The molecule has 0 radical (unpaired) electrons. The van der Waals surface area contributed by atoms with Crippen molar-refractivity contribution in [3.05, 3.63) is 77.6 Å². The first-order valence-electron chi connectivity index (χ1n) is 8.66. The number of hydrogen-bond acceptors (Lipinski definition) is 4. The van der Waals surface area contributed by atoms with Gasteiger partial charge in [0, 0.05) is 12.2 Å². The summed E-state index contributed by atoms with van der Waals surface area (Å²) in [5.74, 6) is -0.485. The van der Waals surface area contributed by atoms with E-state index in [9.17, 15) is 23.1 Å². The lowest BCUT2D eigenvalue weighted by Gasteiger charge is -2.12. The summed E-state index contributed by atoms with van der Waals surface area (Å²) in [5.41, 5.74) is 0.869. The number of anilines is 1. The molecule has 0 spiro atoms. The third-order valence-corrected chi connectivity index (χ3v) is 5.04. The predicted octanol–water partition coefficient (Wildman–Crippen LogP) is 4.17. The van der Waals surface area contributed by atoms with Crippen LogP contribution >= 0.6 is 11.8 Å². The average Bonchev–Trinajstić information content (AvgIpc) is 3.08. The highest BCUT2D eigenvalue weighted by Crippen LogP contribution is 2.30. The molecule has 0 atom stereocenters. The van der Waals surface area contributed by atoms with E-state index in [0.717, 1.165) is 29.5 Å². The van der Waals surface area contributed by atoms with Gasteiger partial charge in [0.2, 0.25) is 5.91 Å². The molecule has 1 amide bonds. The lowest BCUT2D eigenvalue weighted by molar-refractivity contribution is -0.137. The minimum atomic E-state index is -4.47. The van der Waals surface area contributed by atoms with Crippen LogP contribution in [0.2, 0.25) is 0 Å². The van der Waals surface area contributed by atoms with Crippen LogP contribution < -0.4 is 5.32 Å². The number of alkyl halides is 3. The lowest BCUT2D eigenvalue weighted by atomic mass is 10.2. The highest BCUT2D eigenvalue weighted by atomic mass is 32.2. The van der Waals surface area contributed by atoms with Crippen LogP contribution in [0.1, 0.15) is 16.8 Å². The van der Waals surface area contributed by atoms with Crippen LogP contribution in [0.25, 0.3) is 0 Å². The van der Waals surface area contributed by atoms with E-state index in [4.69, 9.17) is 0 Å². The number of rotatable bonds is 7. The summed E-state index contributed by atoms with van der Waals surface area (Å²) in [5, 5.41) is 12.5. The van der Waals surface area contributed by atoms with Crippen LogP contribution in [-0.4, -0.2) is 26.3 Å². The third-order valence-electron chi connectivity index (χ3n) is 4.05. The number of benzene rings is 2. The van der Waals surface area contributed by atoms with Crippen molar-refractivity contribution in [2.75, 3.05) is 11.1 Å². The zero-order valence-electron chi connectivity index (χ0n) is 15.2. The van der Waals surface area contributed by atoms with Gasteiger partial charge in [-0.15, -0.1) is 0 Å². The number of aliphatic hydroxyl groups is 1.